The van der Waals surface area contributed by atoms with Gasteiger partial charge in [-0.25, -0.2) is 0 Å². The van der Waals surface area contributed by atoms with Crippen molar-refractivity contribution in [3.8, 4) is 0 Å². The van der Waals surface area contributed by atoms with Gasteiger partial charge in [-0.2, -0.15) is 0 Å². The van der Waals surface area contributed by atoms with Gasteiger partial charge >= 0.3 is 5.97 Å². The standard InChI is InChI=1S/C6H9NO3S/c8-4-1-2-5(7-4)11-3-6(9)10/h5H,1-3H2,(H,7,8)(H,9,10). The van der Waals surface area contributed by atoms with E-state index in [9.17, 15) is 9.59 Å². The van der Waals surface area contributed by atoms with Gasteiger partial charge in [0.05, 0.1) is 11.1 Å². The molecular weight excluding hydrogens is 166 g/mol. The normalized spacial score (nSPS) is 23.3. The maximum absolute atomic E-state index is 10.6. The van der Waals surface area contributed by atoms with Crippen molar-refractivity contribution < 1.29 is 14.7 Å². The minimum Gasteiger partial charge on any atom is -0.481 e. The molecule has 0 aliphatic carbocycles. The van der Waals surface area contributed by atoms with Crippen molar-refractivity contribution in [2.75, 3.05) is 5.75 Å². The van der Waals surface area contributed by atoms with Crippen LogP contribution in [-0.2, 0) is 9.59 Å². The second kappa shape index (κ2) is 3.61. The van der Waals surface area contributed by atoms with E-state index in [2.05, 4.69) is 5.32 Å². The lowest BCUT2D eigenvalue weighted by Gasteiger charge is -2.05. The molecule has 1 rings (SSSR count). The van der Waals surface area contributed by atoms with Crippen LogP contribution in [0.1, 0.15) is 12.8 Å². The highest BCUT2D eigenvalue weighted by Gasteiger charge is 2.21. The van der Waals surface area contributed by atoms with Gasteiger partial charge in [-0.15, -0.1) is 11.8 Å². The number of thioether (sulfide) groups is 1. The van der Waals surface area contributed by atoms with Gasteiger partial charge in [0.15, 0.2) is 0 Å². The van der Waals surface area contributed by atoms with Gasteiger partial charge in [-0.1, -0.05) is 0 Å². The minimum atomic E-state index is -0.837. The van der Waals surface area contributed by atoms with E-state index < -0.39 is 5.97 Å². The molecule has 0 saturated carbocycles. The maximum Gasteiger partial charge on any atom is 0.313 e. The molecule has 1 aliphatic rings. The van der Waals surface area contributed by atoms with Crippen LogP contribution in [0.15, 0.2) is 0 Å². The predicted octanol–water partition coefficient (Wildman–Crippen LogP) is 0.0403. The van der Waals surface area contributed by atoms with E-state index in [1.807, 2.05) is 0 Å². The topological polar surface area (TPSA) is 66.4 Å². The van der Waals surface area contributed by atoms with Gasteiger partial charge in [0.2, 0.25) is 5.91 Å². The largest absolute Gasteiger partial charge is 0.481 e. The molecule has 1 unspecified atom stereocenters. The number of carbonyl (C=O) groups is 2. The predicted molar refractivity (Wildman–Crippen MR) is 41.3 cm³/mol. The monoisotopic (exact) mass is 175 g/mol. The van der Waals surface area contributed by atoms with Gasteiger partial charge in [-0.05, 0) is 6.42 Å². The van der Waals surface area contributed by atoms with Crippen LogP contribution in [0.25, 0.3) is 0 Å². The summed E-state index contributed by atoms with van der Waals surface area (Å²) in [5.74, 6) is -0.755. The molecular formula is C6H9NO3S. The molecule has 62 valence electrons. The van der Waals surface area contributed by atoms with Crippen LogP contribution >= 0.6 is 11.8 Å². The Balaban J connectivity index is 2.18. The molecule has 0 bridgehead atoms. The Morgan fingerprint density at radius 2 is 2.55 bits per heavy atom. The summed E-state index contributed by atoms with van der Waals surface area (Å²) in [4.78, 5) is 20.7. The highest BCUT2D eigenvalue weighted by Crippen LogP contribution is 2.18. The number of nitrogens with one attached hydrogen (secondary N) is 1. The van der Waals surface area contributed by atoms with Gasteiger partial charge in [0, 0.05) is 6.42 Å². The van der Waals surface area contributed by atoms with E-state index in [0.29, 0.717) is 6.42 Å². The molecule has 2 N–H and O–H groups in total. The second-order valence-corrected chi connectivity index (χ2v) is 3.49. The van der Waals surface area contributed by atoms with Crippen LogP contribution in [0.3, 0.4) is 0 Å². The van der Waals surface area contributed by atoms with E-state index in [4.69, 9.17) is 5.11 Å². The molecule has 4 nitrogen and oxygen atoms in total. The molecule has 1 heterocycles. The highest BCUT2D eigenvalue weighted by atomic mass is 32.2. The Bertz CT molecular complexity index is 183. The molecule has 1 atom stereocenters. The fourth-order valence-corrected chi connectivity index (χ4v) is 1.73. The Labute approximate surface area is 68.3 Å². The van der Waals surface area contributed by atoms with Crippen molar-refractivity contribution in [1.29, 1.82) is 0 Å². The van der Waals surface area contributed by atoms with E-state index in [0.717, 1.165) is 6.42 Å². The van der Waals surface area contributed by atoms with Crippen molar-refractivity contribution in [2.45, 2.75) is 18.2 Å². The molecule has 5 heteroatoms. The lowest BCUT2D eigenvalue weighted by atomic mass is 10.4. The molecule has 1 saturated heterocycles. The number of hydrogen-bond acceptors (Lipinski definition) is 3. The first-order valence-electron chi connectivity index (χ1n) is 3.31. The molecule has 0 radical (unpaired) electrons. The smallest absolute Gasteiger partial charge is 0.313 e. The average Bonchev–Trinajstić information content (AvgIpc) is 2.31. The van der Waals surface area contributed by atoms with Crippen molar-refractivity contribution in [3.05, 3.63) is 0 Å². The van der Waals surface area contributed by atoms with Crippen molar-refractivity contribution in [2.24, 2.45) is 0 Å². The van der Waals surface area contributed by atoms with Crippen LogP contribution in [-0.4, -0.2) is 28.1 Å². The number of carbonyl (C=O) groups excluding carboxylic acids is 1. The molecule has 0 aromatic heterocycles. The van der Waals surface area contributed by atoms with Gasteiger partial charge in [-0.3, -0.25) is 9.59 Å². The maximum atomic E-state index is 10.6. The summed E-state index contributed by atoms with van der Waals surface area (Å²) in [7, 11) is 0. The third-order valence-corrected chi connectivity index (χ3v) is 2.53. The first-order valence-corrected chi connectivity index (χ1v) is 4.36. The van der Waals surface area contributed by atoms with Crippen molar-refractivity contribution >= 4 is 23.6 Å². The molecule has 0 spiro atoms. The Morgan fingerprint density at radius 1 is 1.82 bits per heavy atom. The van der Waals surface area contributed by atoms with Crippen LogP contribution < -0.4 is 5.32 Å². The first-order chi connectivity index (χ1) is 5.18. The fraction of sp³-hybridized carbons (Fsp3) is 0.667. The second-order valence-electron chi connectivity index (χ2n) is 2.30. The number of aliphatic carboxylic acids is 1. The number of carboxylic acids is 1. The van der Waals surface area contributed by atoms with E-state index in [1.54, 1.807) is 0 Å². The van der Waals surface area contributed by atoms with Gasteiger partial charge < -0.3 is 10.4 Å². The Kier molecular flexibility index (Phi) is 2.76. The van der Waals surface area contributed by atoms with Crippen molar-refractivity contribution in [3.63, 3.8) is 0 Å². The summed E-state index contributed by atoms with van der Waals surface area (Å²) >= 11 is 1.26. The third kappa shape index (κ3) is 2.80. The summed E-state index contributed by atoms with van der Waals surface area (Å²) in [5.41, 5.74) is 0. The third-order valence-electron chi connectivity index (χ3n) is 1.36. The zero-order valence-electron chi connectivity index (χ0n) is 5.87. The summed E-state index contributed by atoms with van der Waals surface area (Å²) < 4.78 is 0. The summed E-state index contributed by atoms with van der Waals surface area (Å²) in [5, 5.41) is 11.0. The molecule has 1 aliphatic heterocycles. The average molecular weight is 175 g/mol. The van der Waals surface area contributed by atoms with Crippen molar-refractivity contribution in [1.82, 2.24) is 5.32 Å². The molecule has 0 aromatic carbocycles. The quantitative estimate of drug-likeness (QED) is 0.635. The van der Waals surface area contributed by atoms with Crippen LogP contribution in [0.4, 0.5) is 0 Å². The zero-order chi connectivity index (χ0) is 8.27. The van der Waals surface area contributed by atoms with Crippen LogP contribution in [0.2, 0.25) is 0 Å². The molecule has 11 heavy (non-hydrogen) atoms. The highest BCUT2D eigenvalue weighted by molar-refractivity contribution is 8.00. The van der Waals surface area contributed by atoms with Gasteiger partial charge in [0.1, 0.15) is 0 Å². The minimum absolute atomic E-state index is 0.0126. The van der Waals surface area contributed by atoms with Crippen LogP contribution in [0.5, 0.6) is 0 Å². The first kappa shape index (κ1) is 8.39. The Morgan fingerprint density at radius 3 is 3.00 bits per heavy atom. The Hall–Kier alpha value is -0.710. The number of carboxylic acid groups (broad SMARTS) is 1. The zero-order valence-corrected chi connectivity index (χ0v) is 6.69. The summed E-state index contributed by atoms with van der Waals surface area (Å²) in [6.07, 6.45) is 1.27. The lowest BCUT2D eigenvalue weighted by molar-refractivity contribution is -0.134. The van der Waals surface area contributed by atoms with E-state index in [-0.39, 0.29) is 17.0 Å². The number of hydrogen-bond donors (Lipinski definition) is 2. The van der Waals surface area contributed by atoms with E-state index in [1.165, 1.54) is 11.8 Å². The number of amides is 1. The number of rotatable bonds is 3. The van der Waals surface area contributed by atoms with Gasteiger partial charge in [0.25, 0.3) is 0 Å². The summed E-state index contributed by atoms with van der Waals surface area (Å²) in [6.45, 7) is 0. The van der Waals surface area contributed by atoms with Crippen LogP contribution in [0, 0.1) is 0 Å². The lowest BCUT2D eigenvalue weighted by Crippen LogP contribution is -2.23. The molecule has 0 aromatic rings. The fourth-order valence-electron chi connectivity index (χ4n) is 0.883. The molecule has 1 fully saturated rings. The SMILES string of the molecule is O=C(O)CSC1CCC(=O)N1. The van der Waals surface area contributed by atoms with E-state index >= 15 is 0 Å². The molecule has 1 amide bonds. The summed E-state index contributed by atoms with van der Waals surface area (Å²) in [6, 6.07) is 0.